The third-order valence-corrected chi connectivity index (χ3v) is 5.93. The monoisotopic (exact) mass is 402 g/mol. The van der Waals surface area contributed by atoms with Crippen molar-refractivity contribution >= 4 is 45.3 Å². The van der Waals surface area contributed by atoms with Crippen molar-refractivity contribution in [1.82, 2.24) is 0 Å². The molecule has 4 nitrogen and oxygen atoms in total. The van der Waals surface area contributed by atoms with E-state index in [9.17, 15) is 0 Å². The first-order valence-corrected chi connectivity index (χ1v) is 10.4. The second kappa shape index (κ2) is 8.81. The highest BCUT2D eigenvalue weighted by atomic mass is 35.5. The SMILES string of the molecule is CC.CCC1N=C(c2ccc(Cl)cc2)c2c(sc(C)c2C)N(C(C)=N)C1=N. The van der Waals surface area contributed by atoms with E-state index >= 15 is 0 Å². The van der Waals surface area contributed by atoms with Gasteiger partial charge in [-0.05, 0) is 44.9 Å². The van der Waals surface area contributed by atoms with Gasteiger partial charge in [0.2, 0.25) is 0 Å². The van der Waals surface area contributed by atoms with Crippen molar-refractivity contribution < 1.29 is 0 Å². The number of amidine groups is 2. The minimum atomic E-state index is -0.273. The van der Waals surface area contributed by atoms with Gasteiger partial charge in [0.05, 0.1) is 5.71 Å². The van der Waals surface area contributed by atoms with Crippen molar-refractivity contribution in [2.75, 3.05) is 4.90 Å². The van der Waals surface area contributed by atoms with E-state index in [1.807, 2.05) is 45.0 Å². The van der Waals surface area contributed by atoms with Crippen molar-refractivity contribution in [2.24, 2.45) is 4.99 Å². The molecular formula is C21H27ClN4S. The van der Waals surface area contributed by atoms with Crippen LogP contribution in [0.25, 0.3) is 0 Å². The molecule has 0 aliphatic carbocycles. The molecule has 1 atom stereocenters. The third-order valence-electron chi connectivity index (χ3n) is 4.49. The van der Waals surface area contributed by atoms with Gasteiger partial charge >= 0.3 is 0 Å². The Bertz CT molecular complexity index is 880. The molecule has 1 aliphatic rings. The molecule has 2 heterocycles. The quantitative estimate of drug-likeness (QED) is 0.439. The smallest absolute Gasteiger partial charge is 0.132 e. The predicted octanol–water partition coefficient (Wildman–Crippen LogP) is 6.45. The molecule has 1 aromatic carbocycles. The Morgan fingerprint density at radius 2 is 1.81 bits per heavy atom. The summed E-state index contributed by atoms with van der Waals surface area (Å²) in [6.07, 6.45) is 0.715. The summed E-state index contributed by atoms with van der Waals surface area (Å²) in [5, 5.41) is 18.5. The van der Waals surface area contributed by atoms with Gasteiger partial charge in [-0.25, -0.2) is 0 Å². The van der Waals surface area contributed by atoms with Gasteiger partial charge in [-0.1, -0.05) is 44.5 Å². The van der Waals surface area contributed by atoms with Crippen LogP contribution in [0.5, 0.6) is 0 Å². The van der Waals surface area contributed by atoms with Gasteiger partial charge in [0, 0.05) is 21.0 Å². The summed E-state index contributed by atoms with van der Waals surface area (Å²) >= 11 is 7.68. The van der Waals surface area contributed by atoms with Crippen molar-refractivity contribution in [3.63, 3.8) is 0 Å². The van der Waals surface area contributed by atoms with Crippen molar-refractivity contribution in [3.8, 4) is 0 Å². The van der Waals surface area contributed by atoms with Crippen molar-refractivity contribution in [2.45, 2.75) is 54.0 Å². The van der Waals surface area contributed by atoms with Crippen LogP contribution in [-0.2, 0) is 0 Å². The van der Waals surface area contributed by atoms with Crippen LogP contribution in [0.4, 0.5) is 5.00 Å². The largest absolute Gasteiger partial charge is 0.288 e. The molecule has 0 fully saturated rings. The van der Waals surface area contributed by atoms with Crippen LogP contribution in [0.1, 0.15) is 55.7 Å². The topological polar surface area (TPSA) is 63.3 Å². The Kier molecular flexibility index (Phi) is 6.95. The van der Waals surface area contributed by atoms with Crippen LogP contribution < -0.4 is 4.90 Å². The second-order valence-electron chi connectivity index (χ2n) is 6.18. The Hall–Kier alpha value is -1.98. The van der Waals surface area contributed by atoms with Gasteiger partial charge in [0.25, 0.3) is 0 Å². The highest BCUT2D eigenvalue weighted by Gasteiger charge is 2.32. The molecule has 27 heavy (non-hydrogen) atoms. The van der Waals surface area contributed by atoms with Gasteiger partial charge in [0.15, 0.2) is 0 Å². The molecule has 0 bridgehead atoms. The molecule has 3 rings (SSSR count). The predicted molar refractivity (Wildman–Crippen MR) is 120 cm³/mol. The number of aliphatic imine (C=N–C) groups is 1. The van der Waals surface area contributed by atoms with Crippen LogP contribution in [0.3, 0.4) is 0 Å². The molecule has 2 aromatic rings. The average molecular weight is 403 g/mol. The van der Waals surface area contributed by atoms with E-state index in [-0.39, 0.29) is 6.04 Å². The van der Waals surface area contributed by atoms with E-state index in [1.165, 1.54) is 4.88 Å². The number of fused-ring (bicyclic) bond motifs is 1. The lowest BCUT2D eigenvalue weighted by Crippen LogP contribution is -2.39. The first-order valence-electron chi connectivity index (χ1n) is 9.23. The highest BCUT2D eigenvalue weighted by molar-refractivity contribution is 7.17. The van der Waals surface area contributed by atoms with Crippen LogP contribution >= 0.6 is 22.9 Å². The molecule has 0 saturated carbocycles. The van der Waals surface area contributed by atoms with E-state index in [0.717, 1.165) is 27.4 Å². The molecule has 6 heteroatoms. The van der Waals surface area contributed by atoms with E-state index in [4.69, 9.17) is 27.4 Å². The maximum Gasteiger partial charge on any atom is 0.132 e. The summed E-state index contributed by atoms with van der Waals surface area (Å²) in [7, 11) is 0. The summed E-state index contributed by atoms with van der Waals surface area (Å²) in [4.78, 5) is 7.86. The maximum atomic E-state index is 8.63. The summed E-state index contributed by atoms with van der Waals surface area (Å²) in [6.45, 7) is 11.9. The van der Waals surface area contributed by atoms with Gasteiger partial charge < -0.3 is 0 Å². The highest BCUT2D eigenvalue weighted by Crippen LogP contribution is 2.40. The van der Waals surface area contributed by atoms with Gasteiger partial charge in [-0.15, -0.1) is 11.3 Å². The van der Waals surface area contributed by atoms with E-state index in [2.05, 4.69) is 13.8 Å². The summed E-state index contributed by atoms with van der Waals surface area (Å²) in [6, 6.07) is 7.40. The number of hydrogen-bond donors (Lipinski definition) is 2. The minimum absolute atomic E-state index is 0.273. The minimum Gasteiger partial charge on any atom is -0.288 e. The number of hydrogen-bond acceptors (Lipinski definition) is 4. The fraction of sp³-hybridized carbons (Fsp3) is 0.381. The number of nitrogens with one attached hydrogen (secondary N) is 2. The molecule has 0 spiro atoms. The van der Waals surface area contributed by atoms with Crippen LogP contribution in [0.15, 0.2) is 29.3 Å². The van der Waals surface area contributed by atoms with Crippen molar-refractivity contribution in [3.05, 3.63) is 50.9 Å². The molecule has 1 aromatic heterocycles. The molecule has 1 aliphatic heterocycles. The Labute approximate surface area is 170 Å². The van der Waals surface area contributed by atoms with E-state index in [1.54, 1.807) is 23.2 Å². The first kappa shape index (κ1) is 21.3. The number of anilines is 1. The van der Waals surface area contributed by atoms with Crippen LogP contribution in [0, 0.1) is 24.7 Å². The lowest BCUT2D eigenvalue weighted by molar-refractivity contribution is 0.810. The fourth-order valence-electron chi connectivity index (χ4n) is 3.03. The van der Waals surface area contributed by atoms with Gasteiger partial charge in [-0.3, -0.25) is 20.7 Å². The molecule has 2 N–H and O–H groups in total. The lowest BCUT2D eigenvalue weighted by Gasteiger charge is -2.24. The molecule has 0 amide bonds. The average Bonchev–Trinajstić information content (AvgIpc) is 2.86. The van der Waals surface area contributed by atoms with Gasteiger partial charge in [0.1, 0.15) is 22.7 Å². The van der Waals surface area contributed by atoms with Crippen LogP contribution in [0.2, 0.25) is 5.02 Å². The Morgan fingerprint density at radius 3 is 2.33 bits per heavy atom. The molecule has 0 saturated heterocycles. The zero-order valence-corrected chi connectivity index (χ0v) is 18.3. The number of halogens is 1. The lowest BCUT2D eigenvalue weighted by atomic mass is 10.00. The third kappa shape index (κ3) is 3.99. The first-order chi connectivity index (χ1) is 12.8. The normalized spacial score (nSPS) is 16.1. The second-order valence-corrected chi connectivity index (χ2v) is 7.82. The standard InChI is InChI=1S/C19H21ClN4S.C2H6/c1-5-15-18(22)24(12(4)21)19-16(10(2)11(3)25-19)17(23-15)13-6-8-14(20)9-7-13;1-2/h6-9,15,21-22H,5H2,1-4H3;1-2H3. The Morgan fingerprint density at radius 1 is 1.22 bits per heavy atom. The van der Waals surface area contributed by atoms with E-state index < -0.39 is 0 Å². The molecule has 0 radical (unpaired) electrons. The molecular weight excluding hydrogens is 376 g/mol. The molecule has 144 valence electrons. The van der Waals surface area contributed by atoms with Crippen molar-refractivity contribution in [1.29, 1.82) is 10.8 Å². The summed E-state index contributed by atoms with van der Waals surface area (Å²) < 4.78 is 0. The number of rotatable bonds is 2. The maximum absolute atomic E-state index is 8.63. The number of benzene rings is 1. The summed E-state index contributed by atoms with van der Waals surface area (Å²) in [5.74, 6) is 0.708. The summed E-state index contributed by atoms with van der Waals surface area (Å²) in [5.41, 5.74) is 4.05. The number of aryl methyl sites for hydroxylation is 1. The fourth-order valence-corrected chi connectivity index (χ4v) is 4.38. The van der Waals surface area contributed by atoms with Crippen LogP contribution in [-0.4, -0.2) is 23.4 Å². The number of thiophene rings is 1. The zero-order chi connectivity index (χ0) is 20.3. The number of nitrogens with zero attached hydrogens (tertiary/aromatic N) is 2. The molecule has 1 unspecified atom stereocenters. The van der Waals surface area contributed by atoms with Gasteiger partial charge in [-0.2, -0.15) is 0 Å². The van der Waals surface area contributed by atoms with E-state index in [0.29, 0.717) is 23.1 Å². The Balaban J connectivity index is 0.00000126. The zero-order valence-electron chi connectivity index (χ0n) is 16.8.